The summed E-state index contributed by atoms with van der Waals surface area (Å²) in [5, 5.41) is 37.5. The number of hydrogen-bond donors (Lipinski definition) is 4. The van der Waals surface area contributed by atoms with Crippen LogP contribution < -0.4 is 0 Å². The van der Waals surface area contributed by atoms with Crippen LogP contribution in [0.1, 0.15) is 87.5 Å². The zero-order valence-corrected chi connectivity index (χ0v) is 25.7. The summed E-state index contributed by atoms with van der Waals surface area (Å²) < 4.78 is 0. The average molecular weight is 669 g/mol. The maximum atomic E-state index is 11.5. The largest absolute Gasteiger partial charge is 0.477 e. The molecule has 0 unspecified atom stereocenters. The molecule has 0 spiro atoms. The van der Waals surface area contributed by atoms with Crippen molar-refractivity contribution in [3.05, 3.63) is 141 Å². The molecule has 50 heavy (non-hydrogen) atoms. The number of pyridine rings is 4. The number of nitrogens with zero attached hydrogens (tertiary/aromatic N) is 6. The molecule has 246 valence electrons. The maximum Gasteiger partial charge on any atom is 0.354 e. The molecule has 5 heterocycles. The average Bonchev–Trinajstić information content (AvgIpc) is 3.12. The maximum absolute atomic E-state index is 11.5. The molecule has 0 aliphatic carbocycles. The molecule has 0 aromatic carbocycles. The Kier molecular flexibility index (Phi) is 10.4. The summed E-state index contributed by atoms with van der Waals surface area (Å²) >= 11 is 0. The van der Waals surface area contributed by atoms with E-state index >= 15 is 0 Å². The smallest absolute Gasteiger partial charge is 0.354 e. The first-order valence-corrected chi connectivity index (χ1v) is 14.5. The second kappa shape index (κ2) is 15.4. The van der Waals surface area contributed by atoms with Crippen LogP contribution in [-0.2, 0) is 0 Å². The molecule has 5 rings (SSSR count). The molecule has 14 nitrogen and oxygen atoms in total. The molecule has 5 aromatic heterocycles. The fourth-order valence-corrected chi connectivity index (χ4v) is 4.29. The van der Waals surface area contributed by atoms with E-state index in [0.717, 1.165) is 0 Å². The number of rotatable bonds is 12. The molecule has 14 heteroatoms. The van der Waals surface area contributed by atoms with Gasteiger partial charge in [-0.3, -0.25) is 0 Å². The zero-order valence-electron chi connectivity index (χ0n) is 25.7. The fourth-order valence-electron chi connectivity index (χ4n) is 4.29. The van der Waals surface area contributed by atoms with E-state index in [4.69, 9.17) is 9.97 Å². The van der Waals surface area contributed by atoms with Crippen molar-refractivity contribution in [3.8, 4) is 0 Å². The normalized spacial score (nSPS) is 11.5. The molecule has 4 N–H and O–H groups in total. The number of carboxylic acids is 4. The quantitative estimate of drug-likeness (QED) is 0.128. The van der Waals surface area contributed by atoms with Crippen molar-refractivity contribution in [1.29, 1.82) is 0 Å². The van der Waals surface area contributed by atoms with E-state index in [1.54, 1.807) is 72.9 Å². The number of carbonyl (C=O) groups is 4. The Balaban J connectivity index is 1.66. The van der Waals surface area contributed by atoms with E-state index in [9.17, 15) is 39.6 Å². The van der Waals surface area contributed by atoms with E-state index < -0.39 is 23.9 Å². The molecule has 0 radical (unpaired) electrons. The highest BCUT2D eigenvalue weighted by Gasteiger charge is 2.11. The van der Waals surface area contributed by atoms with Gasteiger partial charge in [-0.25, -0.2) is 49.1 Å². The van der Waals surface area contributed by atoms with Crippen LogP contribution in [0.15, 0.2) is 72.8 Å². The summed E-state index contributed by atoms with van der Waals surface area (Å²) in [7, 11) is 0. The van der Waals surface area contributed by atoms with Gasteiger partial charge in [0.2, 0.25) is 0 Å². The highest BCUT2D eigenvalue weighted by molar-refractivity contribution is 5.88. The molecular weight excluding hydrogens is 644 g/mol. The topological polar surface area (TPSA) is 227 Å². The molecule has 0 aliphatic heterocycles. The third kappa shape index (κ3) is 8.86. The minimum atomic E-state index is -1.20. The molecule has 0 amide bonds. The lowest BCUT2D eigenvalue weighted by Crippen LogP contribution is -2.02. The van der Waals surface area contributed by atoms with Crippen LogP contribution in [0.3, 0.4) is 0 Å². The molecule has 0 atom stereocenters. The molecule has 0 aliphatic rings. The van der Waals surface area contributed by atoms with Crippen molar-refractivity contribution in [2.45, 2.75) is 0 Å². The number of aromatic nitrogens is 6. The van der Waals surface area contributed by atoms with Crippen LogP contribution in [0.5, 0.6) is 0 Å². The number of carboxylic acid groups (broad SMARTS) is 4. The minimum absolute atomic E-state index is 0.163. The lowest BCUT2D eigenvalue weighted by Gasteiger charge is -2.07. The second-order valence-corrected chi connectivity index (χ2v) is 10.1. The van der Waals surface area contributed by atoms with Crippen molar-refractivity contribution < 1.29 is 39.6 Å². The van der Waals surface area contributed by atoms with Crippen LogP contribution in [0.25, 0.3) is 48.6 Å². The Morgan fingerprint density at radius 3 is 0.760 bits per heavy atom. The third-order valence-corrected chi connectivity index (χ3v) is 6.61. The molecule has 0 fully saturated rings. The van der Waals surface area contributed by atoms with Crippen molar-refractivity contribution in [2.24, 2.45) is 0 Å². The number of hydrogen-bond acceptors (Lipinski definition) is 10. The molecule has 5 aromatic rings. The predicted octanol–water partition coefficient (Wildman–Crippen LogP) is 5.53. The van der Waals surface area contributed by atoms with Gasteiger partial charge in [0.05, 0.1) is 45.6 Å². The summed E-state index contributed by atoms with van der Waals surface area (Å²) in [6, 6.07) is 18.0. The van der Waals surface area contributed by atoms with Gasteiger partial charge in [-0.15, -0.1) is 0 Å². The molecule has 0 bridgehead atoms. The molecular formula is C36H24N6O8. The van der Waals surface area contributed by atoms with E-state index in [-0.39, 0.29) is 45.6 Å². The highest BCUT2D eigenvalue weighted by Crippen LogP contribution is 2.20. The predicted molar refractivity (Wildman–Crippen MR) is 183 cm³/mol. The van der Waals surface area contributed by atoms with Gasteiger partial charge >= 0.3 is 23.9 Å². The Hall–Kier alpha value is -7.48. The minimum Gasteiger partial charge on any atom is -0.477 e. The van der Waals surface area contributed by atoms with E-state index in [2.05, 4.69) is 19.9 Å². The highest BCUT2D eigenvalue weighted by atomic mass is 16.4. The van der Waals surface area contributed by atoms with Crippen molar-refractivity contribution >= 4 is 72.5 Å². The lowest BCUT2D eigenvalue weighted by atomic mass is 10.1. The molecule has 0 saturated heterocycles. The van der Waals surface area contributed by atoms with Crippen LogP contribution in [0.2, 0.25) is 0 Å². The van der Waals surface area contributed by atoms with Crippen LogP contribution in [-0.4, -0.2) is 74.2 Å². The van der Waals surface area contributed by atoms with Gasteiger partial charge in [-0.1, -0.05) is 24.3 Å². The second-order valence-electron chi connectivity index (χ2n) is 10.1. The van der Waals surface area contributed by atoms with Gasteiger partial charge in [0.1, 0.15) is 22.8 Å². The summed E-state index contributed by atoms with van der Waals surface area (Å²) in [6.45, 7) is 0. The van der Waals surface area contributed by atoms with Crippen molar-refractivity contribution in [2.75, 3.05) is 0 Å². The van der Waals surface area contributed by atoms with Crippen LogP contribution >= 0.6 is 0 Å². The van der Waals surface area contributed by atoms with Crippen molar-refractivity contribution in [1.82, 2.24) is 29.9 Å². The van der Waals surface area contributed by atoms with E-state index in [1.807, 2.05) is 0 Å². The summed E-state index contributed by atoms with van der Waals surface area (Å²) in [6.07, 6.45) is 12.4. The Morgan fingerprint density at radius 1 is 0.340 bits per heavy atom. The fraction of sp³-hybridized carbons (Fsp3) is 0. The summed E-state index contributed by atoms with van der Waals surface area (Å²) in [5.74, 6) is -4.81. The van der Waals surface area contributed by atoms with Gasteiger partial charge in [0, 0.05) is 0 Å². The van der Waals surface area contributed by atoms with Crippen LogP contribution in [0, 0.1) is 0 Å². The first-order chi connectivity index (χ1) is 24.0. The van der Waals surface area contributed by atoms with E-state index in [0.29, 0.717) is 22.8 Å². The Bertz CT molecular complexity index is 1950. The monoisotopic (exact) mass is 668 g/mol. The Labute approximate surface area is 282 Å². The Morgan fingerprint density at radius 2 is 0.560 bits per heavy atom. The third-order valence-electron chi connectivity index (χ3n) is 6.61. The first kappa shape index (κ1) is 33.9. The summed E-state index contributed by atoms with van der Waals surface area (Å²) in [5.41, 5.74) is 1.76. The lowest BCUT2D eigenvalue weighted by molar-refractivity contribution is 0.0680. The van der Waals surface area contributed by atoms with Gasteiger partial charge in [0.25, 0.3) is 0 Å². The first-order valence-electron chi connectivity index (χ1n) is 14.5. The SMILES string of the molecule is O=C(O)c1cccc(C=Cc2nc(C=Cc3cccc(C(=O)O)n3)c(C=Cc3cccc(C(=O)O)n3)nc2C=Cc2cccc(C(=O)O)n2)n1. The van der Waals surface area contributed by atoms with Gasteiger partial charge in [-0.2, -0.15) is 0 Å². The standard InChI is InChI=1S/C36H24N6O8/c43-33(44)29-9-1-5-21(37-29)13-17-25-26(18-14-22-6-2-10-30(38-22)34(45)46)42-28(20-16-24-8-4-12-32(40-24)36(49)50)27(41-25)19-15-23-7-3-11-31(39-23)35(47)48/h1-20H,(H,43,44)(H,45,46)(H,47,48)(H,49,50). The summed E-state index contributed by atoms with van der Waals surface area (Å²) in [4.78, 5) is 71.9. The van der Waals surface area contributed by atoms with Gasteiger partial charge in [0.15, 0.2) is 0 Å². The van der Waals surface area contributed by atoms with Crippen molar-refractivity contribution in [3.63, 3.8) is 0 Å². The number of aromatic carboxylic acids is 4. The van der Waals surface area contributed by atoms with Gasteiger partial charge in [-0.05, 0) is 97.1 Å². The van der Waals surface area contributed by atoms with Gasteiger partial charge < -0.3 is 20.4 Å². The van der Waals surface area contributed by atoms with Crippen LogP contribution in [0.4, 0.5) is 0 Å². The van der Waals surface area contributed by atoms with E-state index in [1.165, 1.54) is 48.5 Å². The zero-order chi connectivity index (χ0) is 35.6. The molecule has 0 saturated carbocycles.